The Morgan fingerprint density at radius 3 is 1.16 bits per heavy atom. The molecule has 0 radical (unpaired) electrons. The number of hydroxylamine groups is 3. The van der Waals surface area contributed by atoms with Crippen LogP contribution in [0.2, 0.25) is 0 Å². The maximum Gasteiger partial charge on any atom is 0.521 e. The predicted octanol–water partition coefficient (Wildman–Crippen LogP) is 18.5. The molecule has 12 atom stereocenters. The minimum atomic E-state index is -4.70. The number of azide groups is 1. The summed E-state index contributed by atoms with van der Waals surface area (Å²) in [5.41, 5.74) is 16.2. The van der Waals surface area contributed by atoms with E-state index in [2.05, 4.69) is 16.9 Å². The van der Waals surface area contributed by atoms with Gasteiger partial charge in [-0.15, -0.1) is 0 Å². The molecule has 528 valence electrons. The molecule has 1 saturated carbocycles. The number of ether oxygens (including phenoxy) is 9. The molecule has 0 amide bonds. The fourth-order valence-electron chi connectivity index (χ4n) is 12.9. The molecule has 1 heterocycles. The van der Waals surface area contributed by atoms with E-state index in [0.717, 1.165) is 52.6 Å². The molecule has 8 rings (SSSR count). The minimum Gasteiger partial charge on any atom is -0.376 e. The molecule has 17 nitrogen and oxygen atoms in total. The Hall–Kier alpha value is -5.66. The van der Waals surface area contributed by atoms with Crippen LogP contribution in [0, 0.1) is 0 Å². The van der Waals surface area contributed by atoms with Crippen LogP contribution in [0.25, 0.3) is 10.4 Å². The van der Waals surface area contributed by atoms with Gasteiger partial charge in [0.1, 0.15) is 80.6 Å². The quantitative estimate of drug-likeness (QED) is 0.00671. The first kappa shape index (κ1) is 77.1. The smallest absolute Gasteiger partial charge is 0.376 e. The van der Waals surface area contributed by atoms with Crippen molar-refractivity contribution in [3.63, 3.8) is 0 Å². The van der Waals surface area contributed by atoms with E-state index in [0.29, 0.717) is 26.1 Å². The van der Waals surface area contributed by atoms with E-state index < -0.39 is 75.1 Å². The van der Waals surface area contributed by atoms with Gasteiger partial charge in [0.15, 0.2) is 6.29 Å². The Morgan fingerprint density at radius 1 is 0.433 bits per heavy atom. The van der Waals surface area contributed by atoms with Gasteiger partial charge in [0.25, 0.3) is 0 Å². The number of nitrogens with zero attached hydrogens (tertiary/aromatic N) is 4. The third-order valence-corrected chi connectivity index (χ3v) is 20.2. The van der Waals surface area contributed by atoms with Crippen molar-refractivity contribution in [1.29, 1.82) is 0 Å². The Bertz CT molecular complexity index is 3100. The maximum absolute atomic E-state index is 16.5. The van der Waals surface area contributed by atoms with Crippen molar-refractivity contribution in [1.82, 2.24) is 0 Å². The van der Waals surface area contributed by atoms with Crippen LogP contribution in [0.5, 0.6) is 0 Å². The topological polar surface area (TPSA) is 177 Å². The lowest BCUT2D eigenvalue weighted by atomic mass is 9.83. The number of hydrogen-bond acceptors (Lipinski definition) is 14. The number of methoxy groups -OCH3 is 1. The van der Waals surface area contributed by atoms with Gasteiger partial charge in [-0.2, -0.15) is 4.65 Å². The molecule has 2 aliphatic rings. The lowest BCUT2D eigenvalue weighted by molar-refractivity contribution is -1.08. The lowest BCUT2D eigenvalue weighted by Gasteiger charge is -2.52. The number of unbranched alkanes of at least 4 members (excludes halogenated alkanes) is 15. The van der Waals surface area contributed by atoms with E-state index in [1.807, 2.05) is 203 Å². The van der Waals surface area contributed by atoms with E-state index in [1.165, 1.54) is 77.0 Å². The summed E-state index contributed by atoms with van der Waals surface area (Å²) in [4.78, 5) is 3.48. The molecule has 1 aliphatic carbocycles. The first-order chi connectivity index (χ1) is 47.7. The van der Waals surface area contributed by atoms with Crippen molar-refractivity contribution in [2.45, 2.75) is 237 Å². The molecular weight excluding hydrogens is 1240 g/mol. The van der Waals surface area contributed by atoms with Crippen molar-refractivity contribution in [3.05, 3.63) is 226 Å². The van der Waals surface area contributed by atoms with Crippen LogP contribution in [-0.2, 0) is 101 Å². The van der Waals surface area contributed by atoms with E-state index >= 15 is 4.57 Å². The first-order valence-corrected chi connectivity index (χ1v) is 37.4. The highest BCUT2D eigenvalue weighted by atomic mass is 31.2. The van der Waals surface area contributed by atoms with Gasteiger partial charge in [0.2, 0.25) is 0 Å². The highest BCUT2D eigenvalue weighted by molar-refractivity contribution is 7.48. The van der Waals surface area contributed by atoms with Crippen LogP contribution in [0.3, 0.4) is 0 Å². The molecule has 0 aromatic heterocycles. The van der Waals surface area contributed by atoms with E-state index in [-0.39, 0.29) is 57.5 Å². The molecule has 0 spiro atoms. The number of hydrogen-bond donors (Lipinski definition) is 0. The van der Waals surface area contributed by atoms with Crippen LogP contribution in [0.15, 0.2) is 187 Å². The minimum absolute atomic E-state index is 0.00112. The van der Waals surface area contributed by atoms with Crippen molar-refractivity contribution < 1.29 is 65.5 Å². The van der Waals surface area contributed by atoms with Gasteiger partial charge in [-0.3, -0.25) is 9.05 Å². The third-order valence-electron chi connectivity index (χ3n) is 18.6. The Balaban J connectivity index is 1.18. The van der Waals surface area contributed by atoms with Crippen LogP contribution in [-0.4, -0.2) is 112 Å². The SMILES string of the molecule is CCCCCCCCCCCCCCCCCCOP(=O)(O[C@@H]1[C@H](OC)[C@H](OCc2ccccc2)[C@@H](OCc2ccccc2)[C@H](OCc2ccccc2)[C@H]1O[C@H]1O[C@H](COCc2ccccc2)[C@@H](OCc2ccccc2)[C@H](OCc2ccccc2)[C@H]1N=[N+]=[N-])O[N+](CC)(CC)CC. The zero-order chi connectivity index (χ0) is 68.0. The van der Waals surface area contributed by atoms with Crippen molar-refractivity contribution in [3.8, 4) is 0 Å². The lowest BCUT2D eigenvalue weighted by Crippen LogP contribution is -2.69. The zero-order valence-electron chi connectivity index (χ0n) is 58.3. The summed E-state index contributed by atoms with van der Waals surface area (Å²) < 4.78 is 101. The molecule has 1 saturated heterocycles. The predicted molar refractivity (Wildman–Crippen MR) is 379 cm³/mol. The fraction of sp³-hybridized carbons (Fsp3) is 0.544. The molecule has 1 unspecified atom stereocenters. The summed E-state index contributed by atoms with van der Waals surface area (Å²) in [6, 6.07) is 57.8. The van der Waals surface area contributed by atoms with E-state index in [9.17, 15) is 5.53 Å². The highest BCUT2D eigenvalue weighted by Gasteiger charge is 2.60. The Morgan fingerprint density at radius 2 is 0.784 bits per heavy atom. The summed E-state index contributed by atoms with van der Waals surface area (Å²) in [5, 5.41) is 4.52. The second-order valence-corrected chi connectivity index (χ2v) is 27.1. The monoisotopic (exact) mass is 1350 g/mol. The summed E-state index contributed by atoms with van der Waals surface area (Å²) in [5.74, 6) is 0. The fourth-order valence-corrected chi connectivity index (χ4v) is 14.7. The van der Waals surface area contributed by atoms with Gasteiger partial charge in [-0.05, 0) is 66.1 Å². The normalized spacial score (nSPS) is 22.6. The Kier molecular flexibility index (Phi) is 34.8. The average Bonchev–Trinajstić information content (AvgIpc) is 0.754. The van der Waals surface area contributed by atoms with Crippen LogP contribution in [0.1, 0.15) is 164 Å². The molecule has 6 aromatic rings. The van der Waals surface area contributed by atoms with Crippen LogP contribution >= 0.6 is 7.82 Å². The number of rotatable bonds is 48. The molecule has 18 heteroatoms. The third kappa shape index (κ3) is 25.5. The maximum atomic E-state index is 16.5. The summed E-state index contributed by atoms with van der Waals surface area (Å²) in [6.45, 7) is 10.6. The summed E-state index contributed by atoms with van der Waals surface area (Å²) in [7, 11) is -3.13. The highest BCUT2D eigenvalue weighted by Crippen LogP contribution is 2.56. The molecular formula is C79H110N4O13P+. The van der Waals surface area contributed by atoms with Gasteiger partial charge >= 0.3 is 7.82 Å². The molecule has 1 aliphatic heterocycles. The number of phosphoric ester groups is 1. The van der Waals surface area contributed by atoms with Crippen molar-refractivity contribution >= 4 is 7.82 Å². The van der Waals surface area contributed by atoms with Crippen molar-refractivity contribution in [2.75, 3.05) is 40.0 Å². The van der Waals surface area contributed by atoms with Crippen molar-refractivity contribution in [2.24, 2.45) is 5.11 Å². The average molecular weight is 1350 g/mol. The van der Waals surface area contributed by atoms with Gasteiger partial charge in [-0.25, -0.2) is 4.57 Å². The number of benzene rings is 6. The van der Waals surface area contributed by atoms with Gasteiger partial charge < -0.3 is 42.6 Å². The Labute approximate surface area is 578 Å². The molecule has 6 aromatic carbocycles. The summed E-state index contributed by atoms with van der Waals surface area (Å²) in [6.07, 6.45) is 8.06. The standard InChI is InChI=1S/C79H110N4O13P/c1-6-10-11-12-13-14-15-16-17-18-19-20-21-22-23-42-55-92-97(84,96-83(7-2,8-3)9-4)95-78-73(85-5)74(89-59-66-49-36-27-37-50-66)75(90-60-67-51-38-28-39-52-67)76(91-61-68-53-40-29-41-54-68)77(78)94-79-70(81-82-80)72(88-58-65-47-34-26-35-48-65)71(87-57-64-45-32-25-33-46-64)69(93-79)62-86-56-63-43-30-24-31-44-63/h24-41,43-54,69-79H,6-23,42,55-62H2,1-5H3/q+1/t69-,70-,71-,72-,73-,74+,75-,76+,77-,78-,79-,97?/m1/s1. The second-order valence-electron chi connectivity index (χ2n) is 25.6. The number of phosphoric acid groups is 1. The summed E-state index contributed by atoms with van der Waals surface area (Å²) >= 11 is 0. The van der Waals surface area contributed by atoms with E-state index in [1.54, 1.807) is 7.11 Å². The molecule has 0 N–H and O–H groups in total. The molecule has 2 fully saturated rings. The number of quaternary nitrogens is 1. The molecule has 97 heavy (non-hydrogen) atoms. The van der Waals surface area contributed by atoms with Gasteiger partial charge in [0, 0.05) is 12.0 Å². The van der Waals surface area contributed by atoms with Gasteiger partial charge in [0.05, 0.1) is 52.9 Å². The zero-order valence-corrected chi connectivity index (χ0v) is 59.2. The molecule has 0 bridgehead atoms. The second kappa shape index (κ2) is 43.8. The van der Waals surface area contributed by atoms with Crippen LogP contribution in [0.4, 0.5) is 0 Å². The van der Waals surface area contributed by atoms with E-state index in [4.69, 9.17) is 56.3 Å². The largest absolute Gasteiger partial charge is 0.521 e. The first-order valence-electron chi connectivity index (χ1n) is 36.0. The van der Waals surface area contributed by atoms with Gasteiger partial charge in [-0.1, -0.05) is 295 Å². The van der Waals surface area contributed by atoms with Crippen LogP contribution < -0.4 is 0 Å².